The molecular weight excluding hydrogens is 371 g/mol. The number of alkyl halides is 3. The minimum atomic E-state index is -4.31. The SMILES string of the molecule is CS(=O)(=O)N1CCC(CNC(=O)NCc2ccccc2CC(F)(F)F)C1. The number of sulfonamides is 1. The molecule has 1 heterocycles. The molecule has 1 aliphatic heterocycles. The molecule has 1 aromatic carbocycles. The Bertz CT molecular complexity index is 738. The van der Waals surface area contributed by atoms with Crippen LogP contribution in [0.4, 0.5) is 18.0 Å². The van der Waals surface area contributed by atoms with Crippen LogP contribution in [0.2, 0.25) is 0 Å². The van der Waals surface area contributed by atoms with Crippen LogP contribution in [0.1, 0.15) is 17.5 Å². The van der Waals surface area contributed by atoms with Crippen LogP contribution in [-0.2, 0) is 23.0 Å². The molecule has 0 radical (unpaired) electrons. The van der Waals surface area contributed by atoms with Crippen molar-refractivity contribution >= 4 is 16.1 Å². The van der Waals surface area contributed by atoms with E-state index in [0.29, 0.717) is 31.6 Å². The van der Waals surface area contributed by atoms with Crippen molar-refractivity contribution < 1.29 is 26.4 Å². The van der Waals surface area contributed by atoms with E-state index in [1.165, 1.54) is 16.4 Å². The summed E-state index contributed by atoms with van der Waals surface area (Å²) >= 11 is 0. The van der Waals surface area contributed by atoms with Crippen molar-refractivity contribution in [2.24, 2.45) is 5.92 Å². The van der Waals surface area contributed by atoms with Gasteiger partial charge in [-0.2, -0.15) is 13.2 Å². The van der Waals surface area contributed by atoms with Gasteiger partial charge in [-0.3, -0.25) is 0 Å². The zero-order valence-corrected chi connectivity index (χ0v) is 15.2. The maximum Gasteiger partial charge on any atom is 0.393 e. The molecule has 1 saturated heterocycles. The second-order valence-corrected chi connectivity index (χ2v) is 8.38. The molecule has 1 unspecified atom stereocenters. The number of hydrogen-bond acceptors (Lipinski definition) is 3. The molecular formula is C16H22F3N3O3S. The summed E-state index contributed by atoms with van der Waals surface area (Å²) in [6, 6.07) is 5.58. The molecule has 1 aromatic rings. The minimum Gasteiger partial charge on any atom is -0.338 e. The highest BCUT2D eigenvalue weighted by Gasteiger charge is 2.29. The Balaban J connectivity index is 1.80. The summed E-state index contributed by atoms with van der Waals surface area (Å²) in [7, 11) is -3.23. The molecule has 0 bridgehead atoms. The highest BCUT2D eigenvalue weighted by molar-refractivity contribution is 7.88. The van der Waals surface area contributed by atoms with Crippen molar-refractivity contribution in [2.45, 2.75) is 25.6 Å². The van der Waals surface area contributed by atoms with Gasteiger partial charge in [-0.05, 0) is 23.5 Å². The van der Waals surface area contributed by atoms with Gasteiger partial charge in [0.2, 0.25) is 10.0 Å². The number of halogens is 3. The maximum atomic E-state index is 12.6. The summed E-state index contributed by atoms with van der Waals surface area (Å²) in [6.45, 7) is 1.07. The molecule has 26 heavy (non-hydrogen) atoms. The molecule has 0 spiro atoms. The van der Waals surface area contributed by atoms with Crippen molar-refractivity contribution in [1.82, 2.24) is 14.9 Å². The van der Waals surface area contributed by atoms with Crippen molar-refractivity contribution in [3.63, 3.8) is 0 Å². The zero-order valence-electron chi connectivity index (χ0n) is 14.3. The number of urea groups is 1. The topological polar surface area (TPSA) is 78.5 Å². The standard InChI is InChI=1S/C16H22F3N3O3S/c1-26(24,25)22-7-6-12(11-22)9-20-15(23)21-10-14-5-3-2-4-13(14)8-16(17,18)19/h2-5,12H,6-11H2,1H3,(H2,20,21,23). The first kappa shape index (κ1) is 20.5. The zero-order chi connectivity index (χ0) is 19.4. The number of nitrogens with one attached hydrogen (secondary N) is 2. The minimum absolute atomic E-state index is 0.0157. The van der Waals surface area contributed by atoms with Gasteiger partial charge in [0.15, 0.2) is 0 Å². The number of rotatable bonds is 6. The van der Waals surface area contributed by atoms with Crippen LogP contribution in [0.5, 0.6) is 0 Å². The molecule has 1 aliphatic rings. The van der Waals surface area contributed by atoms with Gasteiger partial charge >= 0.3 is 12.2 Å². The number of hydrogen-bond donors (Lipinski definition) is 2. The second-order valence-electron chi connectivity index (χ2n) is 6.40. The molecule has 146 valence electrons. The Kier molecular flexibility index (Phi) is 6.51. The maximum absolute atomic E-state index is 12.6. The van der Waals surface area contributed by atoms with Gasteiger partial charge in [0.05, 0.1) is 12.7 Å². The van der Waals surface area contributed by atoms with Gasteiger partial charge in [-0.15, -0.1) is 0 Å². The lowest BCUT2D eigenvalue weighted by Crippen LogP contribution is -2.39. The third kappa shape index (κ3) is 6.49. The predicted octanol–water partition coefficient (Wildman–Crippen LogP) is 1.87. The van der Waals surface area contributed by atoms with Crippen molar-refractivity contribution in [3.8, 4) is 0 Å². The number of nitrogens with zero attached hydrogens (tertiary/aromatic N) is 1. The summed E-state index contributed by atoms with van der Waals surface area (Å²) in [5.74, 6) is 0.0213. The molecule has 2 amide bonds. The first-order valence-corrected chi connectivity index (χ1v) is 10.00. The molecule has 1 atom stereocenters. The van der Waals surface area contributed by atoms with Crippen LogP contribution in [0.25, 0.3) is 0 Å². The van der Waals surface area contributed by atoms with Gasteiger partial charge in [-0.25, -0.2) is 17.5 Å². The molecule has 2 rings (SSSR count). The Morgan fingerprint density at radius 2 is 1.88 bits per heavy atom. The summed E-state index contributed by atoms with van der Waals surface area (Å²) < 4.78 is 62.0. The largest absolute Gasteiger partial charge is 0.393 e. The summed E-state index contributed by atoms with van der Waals surface area (Å²) in [6.07, 6.45) is -3.56. The normalized spacial score (nSPS) is 18.7. The predicted molar refractivity (Wildman–Crippen MR) is 91.0 cm³/mol. The van der Waals surface area contributed by atoms with Crippen LogP contribution >= 0.6 is 0 Å². The first-order chi connectivity index (χ1) is 12.0. The van der Waals surface area contributed by atoms with Crippen molar-refractivity contribution in [3.05, 3.63) is 35.4 Å². The van der Waals surface area contributed by atoms with E-state index < -0.39 is 28.7 Å². The fourth-order valence-corrected chi connectivity index (χ4v) is 3.78. The van der Waals surface area contributed by atoms with E-state index in [-0.39, 0.29) is 18.0 Å². The molecule has 0 aromatic heterocycles. The van der Waals surface area contributed by atoms with Gasteiger partial charge in [-0.1, -0.05) is 24.3 Å². The Morgan fingerprint density at radius 3 is 2.46 bits per heavy atom. The first-order valence-electron chi connectivity index (χ1n) is 8.15. The number of benzene rings is 1. The number of carbonyl (C=O) groups is 1. The van der Waals surface area contributed by atoms with Crippen LogP contribution in [-0.4, -0.2) is 50.8 Å². The van der Waals surface area contributed by atoms with E-state index in [1.807, 2.05) is 0 Å². The lowest BCUT2D eigenvalue weighted by atomic mass is 10.0. The highest BCUT2D eigenvalue weighted by Crippen LogP contribution is 2.23. The van der Waals surface area contributed by atoms with Gasteiger partial charge in [0.1, 0.15) is 0 Å². The van der Waals surface area contributed by atoms with E-state index >= 15 is 0 Å². The monoisotopic (exact) mass is 393 g/mol. The smallest absolute Gasteiger partial charge is 0.338 e. The summed E-state index contributed by atoms with van der Waals surface area (Å²) in [5, 5.41) is 5.18. The average molecular weight is 393 g/mol. The second kappa shape index (κ2) is 8.26. The van der Waals surface area contributed by atoms with Gasteiger partial charge in [0, 0.05) is 26.2 Å². The van der Waals surface area contributed by atoms with E-state index in [0.717, 1.165) is 6.26 Å². The number of carbonyl (C=O) groups excluding carboxylic acids is 1. The van der Waals surface area contributed by atoms with Gasteiger partial charge in [0.25, 0.3) is 0 Å². The molecule has 10 heteroatoms. The molecule has 0 saturated carbocycles. The van der Waals surface area contributed by atoms with E-state index in [1.54, 1.807) is 12.1 Å². The van der Waals surface area contributed by atoms with Crippen LogP contribution in [0.3, 0.4) is 0 Å². The summed E-state index contributed by atoms with van der Waals surface area (Å²) in [5.41, 5.74) is 0.531. The lowest BCUT2D eigenvalue weighted by Gasteiger charge is -2.15. The number of amides is 2. The van der Waals surface area contributed by atoms with Crippen molar-refractivity contribution in [2.75, 3.05) is 25.9 Å². The molecule has 0 aliphatic carbocycles. The van der Waals surface area contributed by atoms with Crippen LogP contribution in [0.15, 0.2) is 24.3 Å². The van der Waals surface area contributed by atoms with E-state index in [9.17, 15) is 26.4 Å². The van der Waals surface area contributed by atoms with Crippen molar-refractivity contribution in [1.29, 1.82) is 0 Å². The molecule has 6 nitrogen and oxygen atoms in total. The fourth-order valence-electron chi connectivity index (χ4n) is 2.86. The van der Waals surface area contributed by atoms with E-state index in [4.69, 9.17) is 0 Å². The third-order valence-corrected chi connectivity index (χ3v) is 5.49. The fraction of sp³-hybridized carbons (Fsp3) is 0.562. The van der Waals surface area contributed by atoms with Crippen LogP contribution in [0, 0.1) is 5.92 Å². The van der Waals surface area contributed by atoms with Crippen LogP contribution < -0.4 is 10.6 Å². The van der Waals surface area contributed by atoms with Gasteiger partial charge < -0.3 is 10.6 Å². The quantitative estimate of drug-likeness (QED) is 0.775. The Morgan fingerprint density at radius 1 is 1.23 bits per heavy atom. The third-order valence-electron chi connectivity index (χ3n) is 4.22. The summed E-state index contributed by atoms with van der Waals surface area (Å²) in [4.78, 5) is 11.9. The van der Waals surface area contributed by atoms with E-state index in [2.05, 4.69) is 10.6 Å². The Hall–Kier alpha value is -1.81. The molecule has 2 N–H and O–H groups in total. The lowest BCUT2D eigenvalue weighted by molar-refractivity contribution is -0.127. The average Bonchev–Trinajstić information content (AvgIpc) is 3.00. The molecule has 1 fully saturated rings. The Labute approximate surface area is 150 Å². The highest BCUT2D eigenvalue weighted by atomic mass is 32.2.